The second kappa shape index (κ2) is 8.48. The van der Waals surface area contributed by atoms with E-state index >= 15 is 0 Å². The number of nitrogens with zero attached hydrogens (tertiary/aromatic N) is 1. The lowest BCUT2D eigenvalue weighted by Crippen LogP contribution is -2.31. The highest BCUT2D eigenvalue weighted by Gasteiger charge is 2.20. The Morgan fingerprint density at radius 2 is 2.00 bits per heavy atom. The second-order valence-electron chi connectivity index (χ2n) is 5.38. The maximum Gasteiger partial charge on any atom is 0.256 e. The summed E-state index contributed by atoms with van der Waals surface area (Å²) in [5.41, 5.74) is -0.327. The van der Waals surface area contributed by atoms with Crippen LogP contribution in [0.25, 0.3) is 0 Å². The van der Waals surface area contributed by atoms with Crippen molar-refractivity contribution in [1.82, 2.24) is 9.62 Å². The molecule has 2 rings (SSSR count). The van der Waals surface area contributed by atoms with Gasteiger partial charge in [-0.05, 0) is 43.4 Å². The molecule has 6 nitrogen and oxygen atoms in total. The Hall–Kier alpha value is -2.16. The molecule has 0 aromatic heterocycles. The van der Waals surface area contributed by atoms with Crippen molar-refractivity contribution in [1.29, 1.82) is 0 Å². The molecular weight excluding hydrogens is 383 g/mol. The Bertz CT molecular complexity index is 905. The number of hydrogen-bond acceptors (Lipinski definition) is 4. The Morgan fingerprint density at radius 1 is 1.27 bits per heavy atom. The van der Waals surface area contributed by atoms with Gasteiger partial charge in [0, 0.05) is 12.1 Å². The summed E-state index contributed by atoms with van der Waals surface area (Å²) in [4.78, 5) is 13.5. The monoisotopic (exact) mass is 400 g/mol. The van der Waals surface area contributed by atoms with Crippen molar-refractivity contribution in [3.63, 3.8) is 0 Å². The standard InChI is InChI=1S/C17H18ClFN2O4S/c1-20-26(23,24)14-6-7-16(19)15(11-14)17(22)21(2)8-9-25-13-5-3-4-12(18)10-13/h3-7,10-11,20H,8-9H2,1-2H3. The summed E-state index contributed by atoms with van der Waals surface area (Å²) in [6.45, 7) is 0.340. The smallest absolute Gasteiger partial charge is 0.256 e. The SMILES string of the molecule is CNS(=O)(=O)c1ccc(F)c(C(=O)N(C)CCOc2cccc(Cl)c2)c1. The first-order valence-corrected chi connectivity index (χ1v) is 9.47. The van der Waals surface area contributed by atoms with Crippen molar-refractivity contribution in [2.24, 2.45) is 0 Å². The number of halogens is 2. The van der Waals surface area contributed by atoms with E-state index in [1.54, 1.807) is 24.3 Å². The maximum atomic E-state index is 14.0. The number of sulfonamides is 1. The van der Waals surface area contributed by atoms with Gasteiger partial charge in [0.1, 0.15) is 18.2 Å². The van der Waals surface area contributed by atoms with Crippen molar-refractivity contribution in [3.05, 3.63) is 58.9 Å². The van der Waals surface area contributed by atoms with Crippen molar-refractivity contribution >= 4 is 27.5 Å². The Morgan fingerprint density at radius 3 is 2.65 bits per heavy atom. The number of ether oxygens (including phenoxy) is 1. The molecule has 0 radical (unpaired) electrons. The first-order chi connectivity index (χ1) is 12.2. The summed E-state index contributed by atoms with van der Waals surface area (Å²) < 4.78 is 45.3. The third-order valence-electron chi connectivity index (χ3n) is 3.59. The van der Waals surface area contributed by atoms with E-state index in [1.165, 1.54) is 19.0 Å². The van der Waals surface area contributed by atoms with Crippen LogP contribution in [0, 0.1) is 5.82 Å². The molecule has 0 aliphatic heterocycles. The average Bonchev–Trinajstić information content (AvgIpc) is 2.61. The third-order valence-corrected chi connectivity index (χ3v) is 5.23. The highest BCUT2D eigenvalue weighted by molar-refractivity contribution is 7.89. The molecule has 1 N–H and O–H groups in total. The topological polar surface area (TPSA) is 75.7 Å². The number of benzene rings is 2. The molecule has 140 valence electrons. The van der Waals surface area contributed by atoms with E-state index in [0.717, 1.165) is 18.2 Å². The normalized spacial score (nSPS) is 11.2. The lowest BCUT2D eigenvalue weighted by Gasteiger charge is -2.18. The Balaban J connectivity index is 2.06. The van der Waals surface area contributed by atoms with E-state index < -0.39 is 21.7 Å². The van der Waals surface area contributed by atoms with Crippen LogP contribution in [0.4, 0.5) is 4.39 Å². The molecule has 0 aliphatic carbocycles. The Kier molecular flexibility index (Phi) is 6.57. The average molecular weight is 401 g/mol. The van der Waals surface area contributed by atoms with E-state index in [-0.39, 0.29) is 23.6 Å². The van der Waals surface area contributed by atoms with E-state index in [4.69, 9.17) is 16.3 Å². The van der Waals surface area contributed by atoms with Gasteiger partial charge >= 0.3 is 0 Å². The molecule has 0 spiro atoms. The molecule has 9 heteroatoms. The molecule has 0 atom stereocenters. The predicted octanol–water partition coefficient (Wildman–Crippen LogP) is 2.54. The molecule has 0 bridgehead atoms. The van der Waals surface area contributed by atoms with Gasteiger partial charge in [0.15, 0.2) is 0 Å². The number of likely N-dealkylation sites (N-methyl/N-ethyl adjacent to an activating group) is 1. The zero-order valence-electron chi connectivity index (χ0n) is 14.2. The van der Waals surface area contributed by atoms with Crippen molar-refractivity contribution in [2.45, 2.75) is 4.90 Å². The molecule has 2 aromatic rings. The Labute approximate surface area is 156 Å². The summed E-state index contributed by atoms with van der Waals surface area (Å²) in [5, 5.41) is 0.525. The summed E-state index contributed by atoms with van der Waals surface area (Å²) in [7, 11) is -1.07. The zero-order chi connectivity index (χ0) is 19.3. The summed E-state index contributed by atoms with van der Waals surface area (Å²) in [6, 6.07) is 9.86. The van der Waals surface area contributed by atoms with Gasteiger partial charge in [0.25, 0.3) is 5.91 Å². The lowest BCUT2D eigenvalue weighted by molar-refractivity contribution is 0.0769. The minimum absolute atomic E-state index is 0.165. The van der Waals surface area contributed by atoms with Gasteiger partial charge in [0.05, 0.1) is 17.0 Å². The van der Waals surface area contributed by atoms with E-state index in [1.807, 2.05) is 0 Å². The molecular formula is C17H18ClFN2O4S. The van der Waals surface area contributed by atoms with E-state index in [9.17, 15) is 17.6 Å². The number of carbonyl (C=O) groups is 1. The van der Waals surface area contributed by atoms with Gasteiger partial charge in [-0.15, -0.1) is 0 Å². The minimum Gasteiger partial charge on any atom is -0.492 e. The molecule has 0 saturated carbocycles. The molecule has 0 fully saturated rings. The van der Waals surface area contributed by atoms with E-state index in [2.05, 4.69) is 4.72 Å². The van der Waals surface area contributed by atoms with Gasteiger partial charge in [-0.3, -0.25) is 4.79 Å². The van der Waals surface area contributed by atoms with Crippen molar-refractivity contribution in [2.75, 3.05) is 27.2 Å². The predicted molar refractivity (Wildman–Crippen MR) is 96.6 cm³/mol. The van der Waals surface area contributed by atoms with Gasteiger partial charge in [-0.1, -0.05) is 17.7 Å². The highest BCUT2D eigenvalue weighted by atomic mass is 35.5. The molecule has 26 heavy (non-hydrogen) atoms. The molecule has 1 amide bonds. The summed E-state index contributed by atoms with van der Waals surface area (Å²) in [5.74, 6) is -0.898. The van der Waals surface area contributed by atoms with Crippen LogP contribution in [0.2, 0.25) is 5.02 Å². The van der Waals surface area contributed by atoms with Gasteiger partial charge in [-0.25, -0.2) is 17.5 Å². The van der Waals surface area contributed by atoms with Crippen molar-refractivity contribution in [3.8, 4) is 5.75 Å². The van der Waals surface area contributed by atoms with Crippen LogP contribution in [0.1, 0.15) is 10.4 Å². The zero-order valence-corrected chi connectivity index (χ0v) is 15.8. The fourth-order valence-electron chi connectivity index (χ4n) is 2.12. The quantitative estimate of drug-likeness (QED) is 0.775. The fourth-order valence-corrected chi connectivity index (χ4v) is 3.05. The fraction of sp³-hybridized carbons (Fsp3) is 0.235. The van der Waals surface area contributed by atoms with Crippen LogP contribution < -0.4 is 9.46 Å². The summed E-state index contributed by atoms with van der Waals surface area (Å²) >= 11 is 5.86. The lowest BCUT2D eigenvalue weighted by atomic mass is 10.2. The summed E-state index contributed by atoms with van der Waals surface area (Å²) in [6.07, 6.45) is 0. The molecule has 0 aliphatic rings. The number of amides is 1. The number of nitrogens with one attached hydrogen (secondary N) is 1. The molecule has 0 unspecified atom stereocenters. The van der Waals surface area contributed by atoms with Crippen LogP contribution in [-0.4, -0.2) is 46.5 Å². The number of carbonyl (C=O) groups excluding carboxylic acids is 1. The van der Waals surface area contributed by atoms with Crippen LogP contribution in [-0.2, 0) is 10.0 Å². The first-order valence-electron chi connectivity index (χ1n) is 7.61. The van der Waals surface area contributed by atoms with Crippen molar-refractivity contribution < 1.29 is 22.3 Å². The highest BCUT2D eigenvalue weighted by Crippen LogP contribution is 2.18. The molecule has 2 aromatic carbocycles. The second-order valence-corrected chi connectivity index (χ2v) is 7.70. The minimum atomic E-state index is -3.78. The van der Waals surface area contributed by atoms with Crippen LogP contribution in [0.15, 0.2) is 47.4 Å². The van der Waals surface area contributed by atoms with Gasteiger partial charge < -0.3 is 9.64 Å². The van der Waals surface area contributed by atoms with Gasteiger partial charge in [-0.2, -0.15) is 0 Å². The maximum absolute atomic E-state index is 14.0. The van der Waals surface area contributed by atoms with Crippen LogP contribution in [0.5, 0.6) is 5.75 Å². The number of rotatable bonds is 7. The molecule has 0 heterocycles. The third kappa shape index (κ3) is 4.94. The largest absolute Gasteiger partial charge is 0.492 e. The van der Waals surface area contributed by atoms with E-state index in [0.29, 0.717) is 10.8 Å². The van der Waals surface area contributed by atoms with Crippen LogP contribution >= 0.6 is 11.6 Å². The van der Waals surface area contributed by atoms with Gasteiger partial charge in [0.2, 0.25) is 10.0 Å². The number of hydrogen-bond donors (Lipinski definition) is 1. The van der Waals surface area contributed by atoms with Crippen LogP contribution in [0.3, 0.4) is 0 Å². The first kappa shape index (κ1) is 20.2. The molecule has 0 saturated heterocycles.